The van der Waals surface area contributed by atoms with Crippen molar-refractivity contribution in [3.05, 3.63) is 23.8 Å². The standard InChI is InChI=1S/C11H15N3O2/c1-7(2)11(15)16-14-10-5-4-8(3)6-9(10)12-13-14/h4-7,12-13H,1-3H3/p+1. The van der Waals surface area contributed by atoms with E-state index >= 15 is 0 Å². The first-order valence-corrected chi connectivity index (χ1v) is 5.24. The van der Waals surface area contributed by atoms with Gasteiger partial charge < -0.3 is 4.79 Å². The Hall–Kier alpha value is -1.75. The summed E-state index contributed by atoms with van der Waals surface area (Å²) < 4.78 is 0. The SMILES string of the molecule is Cc1ccc2c(c1)NNN2OC(=[OH+])C(C)C. The van der Waals surface area contributed by atoms with Crippen LogP contribution in [0.1, 0.15) is 19.4 Å². The van der Waals surface area contributed by atoms with Crippen LogP contribution < -0.4 is 16.1 Å². The van der Waals surface area contributed by atoms with Gasteiger partial charge in [0.25, 0.3) is 0 Å². The summed E-state index contributed by atoms with van der Waals surface area (Å²) in [6.45, 7) is 5.73. The maximum absolute atomic E-state index is 9.55. The Labute approximate surface area is 94.3 Å². The molecular formula is C11H16N3O2+. The molecule has 2 rings (SSSR count). The highest BCUT2D eigenvalue weighted by Gasteiger charge is 2.30. The van der Waals surface area contributed by atoms with Gasteiger partial charge in [0.2, 0.25) is 0 Å². The predicted molar refractivity (Wildman–Crippen MR) is 63.3 cm³/mol. The number of hydrogen-bond acceptors (Lipinski definition) is 4. The molecule has 1 aromatic rings. The van der Waals surface area contributed by atoms with Crippen LogP contribution in [-0.2, 0) is 4.84 Å². The Balaban J connectivity index is 2.15. The van der Waals surface area contributed by atoms with Gasteiger partial charge >= 0.3 is 5.97 Å². The molecule has 0 aromatic heterocycles. The van der Waals surface area contributed by atoms with E-state index in [2.05, 4.69) is 11.0 Å². The molecule has 0 atom stereocenters. The lowest BCUT2D eigenvalue weighted by Crippen LogP contribution is -2.39. The molecule has 0 fully saturated rings. The molecular weight excluding hydrogens is 206 g/mol. The fourth-order valence-corrected chi connectivity index (χ4v) is 1.37. The van der Waals surface area contributed by atoms with Gasteiger partial charge in [-0.2, -0.15) is 4.84 Å². The van der Waals surface area contributed by atoms with Crippen LogP contribution in [0.4, 0.5) is 11.4 Å². The van der Waals surface area contributed by atoms with E-state index in [1.165, 1.54) is 5.17 Å². The zero-order valence-corrected chi connectivity index (χ0v) is 9.61. The molecule has 0 radical (unpaired) electrons. The van der Waals surface area contributed by atoms with E-state index < -0.39 is 0 Å². The highest BCUT2D eigenvalue weighted by Crippen LogP contribution is 2.29. The molecule has 0 unspecified atom stereocenters. The van der Waals surface area contributed by atoms with Crippen LogP contribution in [0.3, 0.4) is 0 Å². The van der Waals surface area contributed by atoms with E-state index in [1.807, 2.05) is 39.0 Å². The largest absolute Gasteiger partial charge is 0.520 e. The Morgan fingerprint density at radius 1 is 1.44 bits per heavy atom. The molecule has 0 bridgehead atoms. The average Bonchev–Trinajstić information content (AvgIpc) is 2.60. The van der Waals surface area contributed by atoms with E-state index in [9.17, 15) is 4.79 Å². The number of hydrogen-bond donors (Lipinski definition) is 2. The van der Waals surface area contributed by atoms with Crippen molar-refractivity contribution >= 4 is 17.3 Å². The predicted octanol–water partition coefficient (Wildman–Crippen LogP) is 1.74. The molecule has 0 amide bonds. The maximum atomic E-state index is 9.55. The molecule has 0 saturated carbocycles. The van der Waals surface area contributed by atoms with Crippen LogP contribution in [0.2, 0.25) is 0 Å². The third-order valence-electron chi connectivity index (χ3n) is 2.34. The van der Waals surface area contributed by atoms with Crippen molar-refractivity contribution in [1.82, 2.24) is 5.53 Å². The molecule has 3 N–H and O–H groups in total. The normalized spacial score (nSPS) is 13.6. The van der Waals surface area contributed by atoms with Crippen molar-refractivity contribution in [2.24, 2.45) is 5.92 Å². The number of hydrazine groups is 2. The summed E-state index contributed by atoms with van der Waals surface area (Å²) in [6, 6.07) is 5.90. The van der Waals surface area contributed by atoms with Gasteiger partial charge in [0.05, 0.1) is 5.69 Å². The lowest BCUT2D eigenvalue weighted by molar-refractivity contribution is 0.201. The molecule has 0 spiro atoms. The van der Waals surface area contributed by atoms with E-state index in [0.717, 1.165) is 16.9 Å². The third kappa shape index (κ3) is 1.94. The summed E-state index contributed by atoms with van der Waals surface area (Å²) in [5, 5.41) is 1.41. The van der Waals surface area contributed by atoms with Gasteiger partial charge in [-0.15, -0.1) is 0 Å². The molecule has 1 aliphatic rings. The molecule has 86 valence electrons. The van der Waals surface area contributed by atoms with Gasteiger partial charge in [-0.3, -0.25) is 5.43 Å². The average molecular weight is 222 g/mol. The van der Waals surface area contributed by atoms with E-state index in [-0.39, 0.29) is 11.9 Å². The van der Waals surface area contributed by atoms with Crippen molar-refractivity contribution in [1.29, 1.82) is 0 Å². The number of nitrogens with zero attached hydrogens (tertiary/aromatic N) is 1. The number of fused-ring (bicyclic) bond motifs is 1. The lowest BCUT2D eigenvalue weighted by Gasteiger charge is -2.08. The lowest BCUT2D eigenvalue weighted by atomic mass is 10.2. The van der Waals surface area contributed by atoms with Crippen molar-refractivity contribution in [2.75, 3.05) is 10.6 Å². The van der Waals surface area contributed by atoms with Gasteiger partial charge in [-0.25, -0.2) is 0 Å². The maximum Gasteiger partial charge on any atom is 0.520 e. The molecule has 5 heteroatoms. The van der Waals surface area contributed by atoms with E-state index in [1.54, 1.807) is 0 Å². The summed E-state index contributed by atoms with van der Waals surface area (Å²) in [6.07, 6.45) is 0. The Bertz CT molecular complexity index is 418. The van der Waals surface area contributed by atoms with Crippen LogP contribution in [0, 0.1) is 12.8 Å². The topological polar surface area (TPSA) is 57.9 Å². The first-order valence-electron chi connectivity index (χ1n) is 5.24. The first-order chi connectivity index (χ1) is 7.58. The van der Waals surface area contributed by atoms with Crippen LogP contribution in [0.25, 0.3) is 0 Å². The Morgan fingerprint density at radius 2 is 2.19 bits per heavy atom. The third-order valence-corrected chi connectivity index (χ3v) is 2.34. The highest BCUT2D eigenvalue weighted by molar-refractivity contribution is 5.77. The summed E-state index contributed by atoms with van der Waals surface area (Å²) in [4.78, 5) is 14.8. The molecule has 1 aliphatic heterocycles. The van der Waals surface area contributed by atoms with Gasteiger partial charge in [0, 0.05) is 0 Å². The van der Waals surface area contributed by atoms with Crippen molar-refractivity contribution in [3.8, 4) is 0 Å². The Kier molecular flexibility index (Phi) is 2.70. The first kappa shape index (κ1) is 10.8. The zero-order valence-electron chi connectivity index (χ0n) is 9.61. The Morgan fingerprint density at radius 3 is 2.88 bits per heavy atom. The van der Waals surface area contributed by atoms with E-state index in [0.29, 0.717) is 0 Å². The zero-order chi connectivity index (χ0) is 11.7. The second-order valence-corrected chi connectivity index (χ2v) is 4.14. The van der Waals surface area contributed by atoms with Gasteiger partial charge in [0.15, 0.2) is 0 Å². The second-order valence-electron chi connectivity index (χ2n) is 4.14. The molecule has 5 nitrogen and oxygen atoms in total. The smallest absolute Gasteiger partial charge is 0.337 e. The monoisotopic (exact) mass is 222 g/mol. The fourth-order valence-electron chi connectivity index (χ4n) is 1.37. The molecule has 0 aliphatic carbocycles. The minimum Gasteiger partial charge on any atom is -0.337 e. The van der Waals surface area contributed by atoms with E-state index in [4.69, 9.17) is 4.84 Å². The minimum absolute atomic E-state index is 0.0253. The number of benzene rings is 1. The van der Waals surface area contributed by atoms with Crippen molar-refractivity contribution in [2.45, 2.75) is 20.8 Å². The van der Waals surface area contributed by atoms with Crippen molar-refractivity contribution < 1.29 is 9.63 Å². The summed E-state index contributed by atoms with van der Waals surface area (Å²) in [7, 11) is 0. The van der Waals surface area contributed by atoms with Crippen molar-refractivity contribution in [3.63, 3.8) is 0 Å². The van der Waals surface area contributed by atoms with Crippen LogP contribution in [0.5, 0.6) is 0 Å². The minimum atomic E-state index is -0.0451. The van der Waals surface area contributed by atoms with Crippen LogP contribution in [0.15, 0.2) is 18.2 Å². The van der Waals surface area contributed by atoms with Gasteiger partial charge in [0.1, 0.15) is 11.6 Å². The van der Waals surface area contributed by atoms with Gasteiger partial charge in [-0.1, -0.05) is 11.6 Å². The summed E-state index contributed by atoms with van der Waals surface area (Å²) in [5.74, 6) is -0.0703. The number of rotatable bonds is 2. The van der Waals surface area contributed by atoms with Crippen LogP contribution in [-0.4, -0.2) is 10.8 Å². The van der Waals surface area contributed by atoms with Gasteiger partial charge in [-0.05, 0) is 43.6 Å². The molecule has 0 saturated heterocycles. The fraction of sp³-hybridized carbons (Fsp3) is 0.364. The number of aryl methyl sites for hydroxylation is 1. The summed E-state index contributed by atoms with van der Waals surface area (Å²) in [5.41, 5.74) is 8.71. The molecule has 1 aromatic carbocycles. The highest BCUT2D eigenvalue weighted by atomic mass is 16.7. The number of nitrogens with one attached hydrogen (secondary N) is 2. The number of anilines is 2. The molecule has 16 heavy (non-hydrogen) atoms. The summed E-state index contributed by atoms with van der Waals surface area (Å²) >= 11 is 0. The second kappa shape index (κ2) is 4.02. The quantitative estimate of drug-likeness (QED) is 0.748. The van der Waals surface area contributed by atoms with Crippen LogP contribution >= 0.6 is 0 Å². The molecule has 1 heterocycles. The number of carbonyl (C=O) groups excluding carboxylic acids is 1.